The summed E-state index contributed by atoms with van der Waals surface area (Å²) in [7, 11) is 0. The van der Waals surface area contributed by atoms with Crippen LogP contribution in [0.2, 0.25) is 0 Å². The molecule has 5 nitrogen and oxygen atoms in total. The van der Waals surface area contributed by atoms with E-state index in [-0.39, 0.29) is 12.2 Å². The molecular weight excluding hydrogens is 164 g/mol. The predicted octanol–water partition coefficient (Wildman–Crippen LogP) is -0.664. The second-order valence-corrected chi connectivity index (χ2v) is 3.07. The van der Waals surface area contributed by atoms with Gasteiger partial charge in [-0.25, -0.2) is 4.79 Å². The molecule has 0 amide bonds. The first-order chi connectivity index (χ1) is 5.68. The maximum absolute atomic E-state index is 10.4. The van der Waals surface area contributed by atoms with Crippen LogP contribution in [0.1, 0.15) is 12.8 Å². The Labute approximate surface area is 68.9 Å². The summed E-state index contributed by atoms with van der Waals surface area (Å²) in [6.45, 7) is 0. The number of carboxylic acid groups (broad SMARTS) is 1. The van der Waals surface area contributed by atoms with Crippen LogP contribution in [-0.4, -0.2) is 40.8 Å². The van der Waals surface area contributed by atoms with Crippen LogP contribution in [-0.2, 0) is 14.3 Å². The van der Waals surface area contributed by atoms with Gasteiger partial charge in [0.1, 0.15) is 6.10 Å². The third-order valence-corrected chi connectivity index (χ3v) is 2.20. The number of hydrogen-bond acceptors (Lipinski definition) is 4. The van der Waals surface area contributed by atoms with Gasteiger partial charge in [0, 0.05) is 0 Å². The van der Waals surface area contributed by atoms with E-state index in [9.17, 15) is 4.79 Å². The van der Waals surface area contributed by atoms with Gasteiger partial charge in [0.2, 0.25) is 0 Å². The molecule has 2 saturated heterocycles. The van der Waals surface area contributed by atoms with Gasteiger partial charge in [-0.3, -0.25) is 0 Å². The van der Waals surface area contributed by atoms with E-state index in [0.29, 0.717) is 12.8 Å². The summed E-state index contributed by atoms with van der Waals surface area (Å²) >= 11 is 0. The number of rotatable bonds is 2. The normalized spacial score (nSPS) is 46.1. The number of carboxylic acids is 1. The van der Waals surface area contributed by atoms with Crippen LogP contribution in [0.5, 0.6) is 0 Å². The zero-order valence-corrected chi connectivity index (χ0v) is 6.34. The van der Waals surface area contributed by atoms with Gasteiger partial charge in [-0.15, -0.1) is 0 Å². The molecule has 2 aliphatic rings. The highest BCUT2D eigenvalue weighted by molar-refractivity contribution is 5.72. The quantitative estimate of drug-likeness (QED) is 0.543. The number of epoxide rings is 1. The molecule has 0 aromatic heterocycles. The van der Waals surface area contributed by atoms with Gasteiger partial charge in [0.15, 0.2) is 12.4 Å². The summed E-state index contributed by atoms with van der Waals surface area (Å²) in [5, 5.41) is 17.4. The molecule has 2 aliphatic heterocycles. The Morgan fingerprint density at radius 1 is 1.33 bits per heavy atom. The van der Waals surface area contributed by atoms with E-state index < -0.39 is 18.4 Å². The molecule has 2 N–H and O–H groups in total. The van der Waals surface area contributed by atoms with E-state index in [1.54, 1.807) is 0 Å². The van der Waals surface area contributed by atoms with Crippen molar-refractivity contribution in [1.29, 1.82) is 0 Å². The first kappa shape index (κ1) is 7.97. The minimum absolute atomic E-state index is 0.235. The Balaban J connectivity index is 1.86. The fraction of sp³-hybridized carbons (Fsp3) is 0.857. The second-order valence-electron chi connectivity index (χ2n) is 3.07. The van der Waals surface area contributed by atoms with E-state index in [2.05, 4.69) is 0 Å². The first-order valence-electron chi connectivity index (χ1n) is 3.90. The fourth-order valence-corrected chi connectivity index (χ4v) is 1.47. The monoisotopic (exact) mass is 174 g/mol. The van der Waals surface area contributed by atoms with Gasteiger partial charge in [-0.1, -0.05) is 0 Å². The van der Waals surface area contributed by atoms with Crippen LogP contribution >= 0.6 is 0 Å². The lowest BCUT2D eigenvalue weighted by Gasteiger charge is -2.06. The Kier molecular flexibility index (Phi) is 1.79. The number of ether oxygens (including phenoxy) is 2. The molecule has 68 valence electrons. The minimum atomic E-state index is -0.937. The molecule has 0 aromatic carbocycles. The highest BCUT2D eigenvalue weighted by Gasteiger charge is 2.48. The maximum Gasteiger partial charge on any atom is 0.332 e. The second kappa shape index (κ2) is 2.69. The molecule has 0 bridgehead atoms. The van der Waals surface area contributed by atoms with Crippen molar-refractivity contribution >= 4 is 5.97 Å². The largest absolute Gasteiger partial charge is 0.479 e. The van der Waals surface area contributed by atoms with Crippen molar-refractivity contribution in [2.75, 3.05) is 0 Å². The average Bonchev–Trinajstić information content (AvgIpc) is 2.59. The number of aliphatic hydroxyl groups is 1. The molecule has 2 rings (SSSR count). The van der Waals surface area contributed by atoms with Crippen LogP contribution in [0.25, 0.3) is 0 Å². The van der Waals surface area contributed by atoms with E-state index in [0.717, 1.165) is 0 Å². The number of aliphatic carboxylic acids is 1. The molecule has 0 saturated carbocycles. The standard InChI is InChI=1S/C7H10O5/c8-6(9)4-2-1-3(11-4)5-7(10)12-5/h3-5,7,10H,1-2H2,(H,8,9). The molecule has 12 heavy (non-hydrogen) atoms. The lowest BCUT2D eigenvalue weighted by molar-refractivity contribution is -0.149. The molecule has 0 aromatic rings. The van der Waals surface area contributed by atoms with E-state index >= 15 is 0 Å². The molecule has 2 fully saturated rings. The van der Waals surface area contributed by atoms with Crippen molar-refractivity contribution in [1.82, 2.24) is 0 Å². The predicted molar refractivity (Wildman–Crippen MR) is 36.4 cm³/mol. The molecule has 4 atom stereocenters. The van der Waals surface area contributed by atoms with Gasteiger partial charge >= 0.3 is 5.97 Å². The van der Waals surface area contributed by atoms with Crippen LogP contribution in [0.3, 0.4) is 0 Å². The van der Waals surface area contributed by atoms with Gasteiger partial charge < -0.3 is 19.7 Å². The lowest BCUT2D eigenvalue weighted by atomic mass is 10.1. The van der Waals surface area contributed by atoms with Gasteiger partial charge in [0.05, 0.1) is 6.10 Å². The van der Waals surface area contributed by atoms with Gasteiger partial charge in [-0.2, -0.15) is 0 Å². The molecule has 2 heterocycles. The van der Waals surface area contributed by atoms with E-state index in [1.165, 1.54) is 0 Å². The highest BCUT2D eigenvalue weighted by Crippen LogP contribution is 2.33. The summed E-state index contributed by atoms with van der Waals surface area (Å²) in [6, 6.07) is 0. The lowest BCUT2D eigenvalue weighted by Crippen LogP contribution is -2.23. The summed E-state index contributed by atoms with van der Waals surface area (Å²) in [6.07, 6.45) is -0.838. The zero-order chi connectivity index (χ0) is 8.72. The first-order valence-corrected chi connectivity index (χ1v) is 3.90. The van der Waals surface area contributed by atoms with Crippen molar-refractivity contribution in [2.45, 2.75) is 37.4 Å². The molecule has 0 aliphatic carbocycles. The Bertz CT molecular complexity index is 204. The third-order valence-electron chi connectivity index (χ3n) is 2.20. The van der Waals surface area contributed by atoms with Crippen molar-refractivity contribution in [3.8, 4) is 0 Å². The van der Waals surface area contributed by atoms with E-state index in [4.69, 9.17) is 19.7 Å². The smallest absolute Gasteiger partial charge is 0.332 e. The molecule has 0 radical (unpaired) electrons. The molecule has 4 unspecified atom stereocenters. The Hall–Kier alpha value is -0.650. The minimum Gasteiger partial charge on any atom is -0.479 e. The zero-order valence-electron chi connectivity index (χ0n) is 6.34. The topological polar surface area (TPSA) is 79.3 Å². The van der Waals surface area contributed by atoms with Crippen LogP contribution in [0.15, 0.2) is 0 Å². The summed E-state index contributed by atoms with van der Waals surface area (Å²) in [5.41, 5.74) is 0. The van der Waals surface area contributed by atoms with Crippen LogP contribution < -0.4 is 0 Å². The van der Waals surface area contributed by atoms with Crippen molar-refractivity contribution < 1.29 is 24.5 Å². The summed E-state index contributed by atoms with van der Waals surface area (Å²) < 4.78 is 9.90. The van der Waals surface area contributed by atoms with Crippen LogP contribution in [0.4, 0.5) is 0 Å². The molecular formula is C7H10O5. The Morgan fingerprint density at radius 2 is 2.00 bits per heavy atom. The van der Waals surface area contributed by atoms with Crippen LogP contribution in [0, 0.1) is 0 Å². The van der Waals surface area contributed by atoms with Gasteiger partial charge in [-0.05, 0) is 12.8 Å². The molecule has 0 spiro atoms. The third kappa shape index (κ3) is 1.31. The SMILES string of the molecule is O=C(O)C1CCC(C2OC2O)O1. The average molecular weight is 174 g/mol. The number of hydrogen-bond donors (Lipinski definition) is 2. The summed E-state index contributed by atoms with van der Waals surface area (Å²) in [5.74, 6) is -0.937. The fourth-order valence-electron chi connectivity index (χ4n) is 1.47. The molecule has 5 heteroatoms. The van der Waals surface area contributed by atoms with E-state index in [1.807, 2.05) is 0 Å². The summed E-state index contributed by atoms with van der Waals surface area (Å²) in [4.78, 5) is 10.4. The Morgan fingerprint density at radius 3 is 2.42 bits per heavy atom. The maximum atomic E-state index is 10.4. The number of aliphatic hydroxyl groups excluding tert-OH is 1. The highest BCUT2D eigenvalue weighted by atomic mass is 16.7. The van der Waals surface area contributed by atoms with Gasteiger partial charge in [0.25, 0.3) is 0 Å². The van der Waals surface area contributed by atoms with Crippen molar-refractivity contribution in [3.63, 3.8) is 0 Å². The number of carbonyl (C=O) groups is 1. The van der Waals surface area contributed by atoms with Crippen molar-refractivity contribution in [3.05, 3.63) is 0 Å². The van der Waals surface area contributed by atoms with Crippen molar-refractivity contribution in [2.24, 2.45) is 0 Å².